The first kappa shape index (κ1) is 13.7. The molecule has 3 unspecified atom stereocenters. The number of rotatable bonds is 5. The standard InChI is InChI=1S/C16H23NO3/c1-3-14-13(6-7-18-14)9-17-11(2)12-4-5-15-16(8-12)20-10-19-15/h4-5,8,11,13-14,17H,3,6-7,9-10H2,1-2H3. The first-order chi connectivity index (χ1) is 9.78. The molecule has 0 aromatic heterocycles. The highest BCUT2D eigenvalue weighted by molar-refractivity contribution is 5.45. The summed E-state index contributed by atoms with van der Waals surface area (Å²) < 4.78 is 16.5. The maximum absolute atomic E-state index is 5.74. The molecule has 3 atom stereocenters. The number of nitrogens with one attached hydrogen (secondary N) is 1. The Morgan fingerprint density at radius 3 is 3.00 bits per heavy atom. The van der Waals surface area contributed by atoms with Gasteiger partial charge in [0.05, 0.1) is 6.10 Å². The fraction of sp³-hybridized carbons (Fsp3) is 0.625. The highest BCUT2D eigenvalue weighted by atomic mass is 16.7. The van der Waals surface area contributed by atoms with Gasteiger partial charge < -0.3 is 19.5 Å². The summed E-state index contributed by atoms with van der Waals surface area (Å²) in [5.74, 6) is 2.33. The molecule has 20 heavy (non-hydrogen) atoms. The molecule has 0 radical (unpaired) electrons. The first-order valence-corrected chi connectivity index (χ1v) is 7.52. The van der Waals surface area contributed by atoms with Gasteiger partial charge in [0.1, 0.15) is 0 Å². The molecule has 3 rings (SSSR count). The Morgan fingerprint density at radius 2 is 2.15 bits per heavy atom. The Labute approximate surface area is 120 Å². The van der Waals surface area contributed by atoms with Crippen LogP contribution in [0.25, 0.3) is 0 Å². The van der Waals surface area contributed by atoms with Crippen LogP contribution in [0.5, 0.6) is 11.5 Å². The molecule has 0 spiro atoms. The minimum Gasteiger partial charge on any atom is -0.454 e. The van der Waals surface area contributed by atoms with Crippen LogP contribution in [-0.4, -0.2) is 26.0 Å². The molecule has 1 saturated heterocycles. The third-order valence-electron chi connectivity index (χ3n) is 4.33. The van der Waals surface area contributed by atoms with E-state index in [2.05, 4.69) is 31.3 Å². The van der Waals surface area contributed by atoms with Crippen LogP contribution in [0.3, 0.4) is 0 Å². The van der Waals surface area contributed by atoms with Crippen molar-refractivity contribution < 1.29 is 14.2 Å². The van der Waals surface area contributed by atoms with Crippen LogP contribution < -0.4 is 14.8 Å². The van der Waals surface area contributed by atoms with Crippen molar-refractivity contribution in [2.24, 2.45) is 5.92 Å². The second-order valence-electron chi connectivity index (χ2n) is 5.61. The molecular weight excluding hydrogens is 254 g/mol. The van der Waals surface area contributed by atoms with Gasteiger partial charge in [0.2, 0.25) is 6.79 Å². The molecule has 1 N–H and O–H groups in total. The third-order valence-corrected chi connectivity index (χ3v) is 4.33. The number of benzene rings is 1. The number of hydrogen-bond acceptors (Lipinski definition) is 4. The van der Waals surface area contributed by atoms with Gasteiger partial charge in [0, 0.05) is 19.2 Å². The average Bonchev–Trinajstić information content (AvgIpc) is 3.12. The maximum Gasteiger partial charge on any atom is 0.231 e. The largest absolute Gasteiger partial charge is 0.454 e. The van der Waals surface area contributed by atoms with Crippen LogP contribution in [0, 0.1) is 5.92 Å². The lowest BCUT2D eigenvalue weighted by atomic mass is 9.98. The first-order valence-electron chi connectivity index (χ1n) is 7.52. The van der Waals surface area contributed by atoms with Crippen LogP contribution in [0.2, 0.25) is 0 Å². The summed E-state index contributed by atoms with van der Waals surface area (Å²) in [6.45, 7) is 6.63. The highest BCUT2D eigenvalue weighted by Crippen LogP contribution is 2.34. The Balaban J connectivity index is 1.57. The van der Waals surface area contributed by atoms with Crippen molar-refractivity contribution in [3.8, 4) is 11.5 Å². The Hall–Kier alpha value is -1.26. The van der Waals surface area contributed by atoms with Crippen LogP contribution in [0.4, 0.5) is 0 Å². The maximum atomic E-state index is 5.74. The molecule has 2 aliphatic heterocycles. The monoisotopic (exact) mass is 277 g/mol. The summed E-state index contributed by atoms with van der Waals surface area (Å²) in [6, 6.07) is 6.47. The summed E-state index contributed by atoms with van der Waals surface area (Å²) >= 11 is 0. The molecule has 0 saturated carbocycles. The van der Waals surface area contributed by atoms with Crippen molar-refractivity contribution in [2.45, 2.75) is 38.8 Å². The van der Waals surface area contributed by atoms with Crippen LogP contribution in [0.1, 0.15) is 38.3 Å². The van der Waals surface area contributed by atoms with Gasteiger partial charge in [-0.05, 0) is 43.4 Å². The minimum absolute atomic E-state index is 0.308. The van der Waals surface area contributed by atoms with E-state index in [1.807, 2.05) is 6.07 Å². The SMILES string of the molecule is CCC1OCCC1CNC(C)c1ccc2c(c1)OCO2. The zero-order chi connectivity index (χ0) is 13.9. The van der Waals surface area contributed by atoms with Gasteiger partial charge in [-0.15, -0.1) is 0 Å². The molecular formula is C16H23NO3. The Kier molecular flexibility index (Phi) is 4.13. The van der Waals surface area contributed by atoms with E-state index in [1.54, 1.807) is 0 Å². The van der Waals surface area contributed by atoms with Crippen LogP contribution >= 0.6 is 0 Å². The number of hydrogen-bond donors (Lipinski definition) is 1. The molecule has 2 heterocycles. The summed E-state index contributed by atoms with van der Waals surface area (Å²) in [7, 11) is 0. The average molecular weight is 277 g/mol. The van der Waals surface area contributed by atoms with Crippen molar-refractivity contribution in [3.63, 3.8) is 0 Å². The van der Waals surface area contributed by atoms with E-state index in [0.717, 1.165) is 31.1 Å². The number of fused-ring (bicyclic) bond motifs is 1. The van der Waals surface area contributed by atoms with E-state index in [9.17, 15) is 0 Å². The Morgan fingerprint density at radius 1 is 1.30 bits per heavy atom. The second kappa shape index (κ2) is 6.02. The highest BCUT2D eigenvalue weighted by Gasteiger charge is 2.26. The molecule has 0 bridgehead atoms. The van der Waals surface area contributed by atoms with E-state index in [1.165, 1.54) is 12.0 Å². The molecule has 4 nitrogen and oxygen atoms in total. The molecule has 1 aromatic rings. The topological polar surface area (TPSA) is 39.7 Å². The van der Waals surface area contributed by atoms with Gasteiger partial charge in [-0.25, -0.2) is 0 Å². The van der Waals surface area contributed by atoms with Crippen molar-refractivity contribution in [3.05, 3.63) is 23.8 Å². The zero-order valence-corrected chi connectivity index (χ0v) is 12.2. The third kappa shape index (κ3) is 2.76. The summed E-state index contributed by atoms with van der Waals surface area (Å²) in [5.41, 5.74) is 1.24. The van der Waals surface area contributed by atoms with E-state index in [4.69, 9.17) is 14.2 Å². The van der Waals surface area contributed by atoms with Crippen molar-refractivity contribution >= 4 is 0 Å². The minimum atomic E-state index is 0.308. The fourth-order valence-corrected chi connectivity index (χ4v) is 3.01. The molecule has 1 aromatic carbocycles. The fourth-order valence-electron chi connectivity index (χ4n) is 3.01. The van der Waals surface area contributed by atoms with Crippen molar-refractivity contribution in [2.75, 3.05) is 19.9 Å². The van der Waals surface area contributed by atoms with E-state index in [-0.39, 0.29) is 0 Å². The molecule has 0 amide bonds. The smallest absolute Gasteiger partial charge is 0.231 e. The van der Waals surface area contributed by atoms with Gasteiger partial charge in [-0.3, -0.25) is 0 Å². The lowest BCUT2D eigenvalue weighted by Gasteiger charge is -2.21. The van der Waals surface area contributed by atoms with Crippen LogP contribution in [0.15, 0.2) is 18.2 Å². The summed E-state index contributed by atoms with van der Waals surface area (Å²) in [4.78, 5) is 0. The molecule has 0 aliphatic carbocycles. The van der Waals surface area contributed by atoms with Gasteiger partial charge >= 0.3 is 0 Å². The lowest BCUT2D eigenvalue weighted by molar-refractivity contribution is 0.0867. The molecule has 110 valence electrons. The van der Waals surface area contributed by atoms with E-state index >= 15 is 0 Å². The van der Waals surface area contributed by atoms with E-state index < -0.39 is 0 Å². The van der Waals surface area contributed by atoms with E-state index in [0.29, 0.717) is 24.9 Å². The van der Waals surface area contributed by atoms with Gasteiger partial charge in [-0.1, -0.05) is 13.0 Å². The summed E-state index contributed by atoms with van der Waals surface area (Å²) in [6.07, 6.45) is 2.69. The lowest BCUT2D eigenvalue weighted by Crippen LogP contribution is -2.30. The normalized spacial score (nSPS) is 25.9. The molecule has 2 aliphatic rings. The zero-order valence-electron chi connectivity index (χ0n) is 12.2. The van der Waals surface area contributed by atoms with Crippen molar-refractivity contribution in [1.29, 1.82) is 0 Å². The predicted octanol–water partition coefficient (Wildman–Crippen LogP) is 2.88. The van der Waals surface area contributed by atoms with Gasteiger partial charge in [0.25, 0.3) is 0 Å². The molecule has 1 fully saturated rings. The van der Waals surface area contributed by atoms with Crippen molar-refractivity contribution in [1.82, 2.24) is 5.32 Å². The Bertz CT molecular complexity index is 463. The van der Waals surface area contributed by atoms with Gasteiger partial charge in [0.15, 0.2) is 11.5 Å². The molecule has 4 heteroatoms. The predicted molar refractivity (Wildman–Crippen MR) is 77.1 cm³/mol. The van der Waals surface area contributed by atoms with Crippen LogP contribution in [-0.2, 0) is 4.74 Å². The summed E-state index contributed by atoms with van der Waals surface area (Å²) in [5, 5.41) is 3.62. The quantitative estimate of drug-likeness (QED) is 0.898. The van der Waals surface area contributed by atoms with Gasteiger partial charge in [-0.2, -0.15) is 0 Å². The second-order valence-corrected chi connectivity index (χ2v) is 5.61. The number of ether oxygens (including phenoxy) is 3.